The molecule has 0 radical (unpaired) electrons. The number of rotatable bonds is 8. The van der Waals surface area contributed by atoms with Gasteiger partial charge in [-0.15, -0.1) is 0 Å². The second-order valence-electron chi connectivity index (χ2n) is 6.56. The second kappa shape index (κ2) is 9.42. The molecule has 0 spiro atoms. The van der Waals surface area contributed by atoms with Crippen molar-refractivity contribution in [3.05, 3.63) is 11.6 Å². The van der Waals surface area contributed by atoms with Crippen LogP contribution in [0.2, 0.25) is 0 Å². The van der Waals surface area contributed by atoms with Crippen molar-refractivity contribution in [2.45, 2.75) is 45.7 Å². The minimum absolute atomic E-state index is 0.0254. The average molecular weight is 339 g/mol. The van der Waals surface area contributed by atoms with Gasteiger partial charge >= 0.3 is 0 Å². The number of aliphatic hydroxyl groups is 1. The van der Waals surface area contributed by atoms with Gasteiger partial charge in [-0.2, -0.15) is 0 Å². The molecule has 3 amide bonds. The fraction of sp³-hybridized carbons (Fsp3) is 0.706. The highest BCUT2D eigenvalue weighted by molar-refractivity contribution is 5.93. The van der Waals surface area contributed by atoms with Gasteiger partial charge in [-0.3, -0.25) is 14.4 Å². The number of likely N-dealkylation sites (tertiary alicyclic amines) is 1. The molecule has 2 atom stereocenters. The summed E-state index contributed by atoms with van der Waals surface area (Å²) in [6.07, 6.45) is 4.01. The zero-order valence-corrected chi connectivity index (χ0v) is 15.0. The van der Waals surface area contributed by atoms with E-state index in [1.165, 1.54) is 0 Å². The maximum Gasteiger partial charge on any atom is 0.249 e. The van der Waals surface area contributed by atoms with Gasteiger partial charge in [0.1, 0.15) is 0 Å². The molecule has 7 heteroatoms. The van der Waals surface area contributed by atoms with Gasteiger partial charge in [0.05, 0.1) is 25.2 Å². The summed E-state index contributed by atoms with van der Waals surface area (Å²) in [7, 11) is 1.67. The Balaban J connectivity index is 2.88. The molecule has 1 fully saturated rings. The van der Waals surface area contributed by atoms with Crippen molar-refractivity contribution in [2.75, 3.05) is 26.7 Å². The Kier molecular flexibility index (Phi) is 7.91. The van der Waals surface area contributed by atoms with Crippen molar-refractivity contribution in [2.24, 2.45) is 5.92 Å². The SMILES string of the molecule is CC(=C[C@H](C(C)C)N(C)C(=O)CNC=O)C(=O)N1CCC[C@H]1CO. The Morgan fingerprint density at radius 2 is 2.08 bits per heavy atom. The second-order valence-corrected chi connectivity index (χ2v) is 6.56. The normalized spacial score (nSPS) is 19.3. The van der Waals surface area contributed by atoms with Crippen LogP contribution in [-0.4, -0.2) is 72.0 Å². The van der Waals surface area contributed by atoms with Gasteiger partial charge in [-0.1, -0.05) is 19.9 Å². The van der Waals surface area contributed by atoms with Crippen LogP contribution in [0.25, 0.3) is 0 Å². The third kappa shape index (κ3) is 5.06. The van der Waals surface area contributed by atoms with Gasteiger partial charge in [0.2, 0.25) is 18.2 Å². The molecule has 0 aromatic heterocycles. The van der Waals surface area contributed by atoms with Crippen molar-refractivity contribution in [1.82, 2.24) is 15.1 Å². The number of hydrogen-bond acceptors (Lipinski definition) is 4. The summed E-state index contributed by atoms with van der Waals surface area (Å²) in [5, 5.41) is 11.7. The van der Waals surface area contributed by atoms with Gasteiger partial charge in [0.25, 0.3) is 0 Å². The highest BCUT2D eigenvalue weighted by Gasteiger charge is 2.29. The Labute approximate surface area is 143 Å². The molecule has 0 unspecified atom stereocenters. The van der Waals surface area contributed by atoms with E-state index in [1.807, 2.05) is 13.8 Å². The molecule has 0 bridgehead atoms. The van der Waals surface area contributed by atoms with Crippen LogP contribution in [0.3, 0.4) is 0 Å². The van der Waals surface area contributed by atoms with Crippen LogP contribution in [0.5, 0.6) is 0 Å². The Hall–Kier alpha value is -1.89. The predicted molar refractivity (Wildman–Crippen MR) is 91.0 cm³/mol. The van der Waals surface area contributed by atoms with Crippen molar-refractivity contribution in [3.8, 4) is 0 Å². The Morgan fingerprint density at radius 1 is 1.42 bits per heavy atom. The first-order valence-corrected chi connectivity index (χ1v) is 8.36. The van der Waals surface area contributed by atoms with Gasteiger partial charge in [-0.05, 0) is 25.7 Å². The maximum absolute atomic E-state index is 12.6. The van der Waals surface area contributed by atoms with E-state index in [0.29, 0.717) is 18.5 Å². The van der Waals surface area contributed by atoms with E-state index in [9.17, 15) is 19.5 Å². The van der Waals surface area contributed by atoms with Crippen LogP contribution >= 0.6 is 0 Å². The van der Waals surface area contributed by atoms with E-state index in [1.54, 1.807) is 29.8 Å². The smallest absolute Gasteiger partial charge is 0.249 e. The number of hydrogen-bond donors (Lipinski definition) is 2. The van der Waals surface area contributed by atoms with Crippen LogP contribution in [0.15, 0.2) is 11.6 Å². The van der Waals surface area contributed by atoms with Crippen molar-refractivity contribution < 1.29 is 19.5 Å². The first-order valence-electron chi connectivity index (χ1n) is 8.36. The molecule has 1 saturated heterocycles. The lowest BCUT2D eigenvalue weighted by atomic mass is 9.99. The fourth-order valence-corrected chi connectivity index (χ4v) is 3.02. The average Bonchev–Trinajstić information content (AvgIpc) is 3.04. The molecule has 0 aromatic rings. The van der Waals surface area contributed by atoms with E-state index in [2.05, 4.69) is 5.32 Å². The lowest BCUT2D eigenvalue weighted by Crippen LogP contribution is -2.44. The summed E-state index contributed by atoms with van der Waals surface area (Å²) in [6.45, 7) is 6.25. The summed E-state index contributed by atoms with van der Waals surface area (Å²) in [6, 6.07) is -0.361. The largest absolute Gasteiger partial charge is 0.394 e. The molecule has 136 valence electrons. The number of nitrogens with zero attached hydrogens (tertiary/aromatic N) is 2. The molecule has 0 aliphatic carbocycles. The molecule has 1 rings (SSSR count). The molecule has 0 saturated carbocycles. The summed E-state index contributed by atoms with van der Waals surface area (Å²) in [5.41, 5.74) is 0.567. The van der Waals surface area contributed by atoms with Crippen molar-refractivity contribution in [3.63, 3.8) is 0 Å². The minimum Gasteiger partial charge on any atom is -0.394 e. The monoisotopic (exact) mass is 339 g/mol. The summed E-state index contributed by atoms with van der Waals surface area (Å²) < 4.78 is 0. The molecule has 0 aromatic carbocycles. The van der Waals surface area contributed by atoms with E-state index < -0.39 is 0 Å². The van der Waals surface area contributed by atoms with Crippen LogP contribution in [-0.2, 0) is 14.4 Å². The number of amides is 3. The Morgan fingerprint density at radius 3 is 2.62 bits per heavy atom. The quantitative estimate of drug-likeness (QED) is 0.486. The summed E-state index contributed by atoms with van der Waals surface area (Å²) in [4.78, 5) is 38.3. The molecular formula is C17H29N3O4. The first kappa shape index (κ1) is 20.2. The number of nitrogens with one attached hydrogen (secondary N) is 1. The van der Waals surface area contributed by atoms with Crippen LogP contribution in [0.4, 0.5) is 0 Å². The van der Waals surface area contributed by atoms with Crippen LogP contribution < -0.4 is 5.32 Å². The number of carbonyl (C=O) groups is 3. The van der Waals surface area contributed by atoms with Gasteiger partial charge in [0, 0.05) is 19.2 Å². The number of aliphatic hydroxyl groups excluding tert-OH is 1. The molecule has 2 N–H and O–H groups in total. The third-order valence-corrected chi connectivity index (χ3v) is 4.47. The fourth-order valence-electron chi connectivity index (χ4n) is 3.02. The van der Waals surface area contributed by atoms with E-state index >= 15 is 0 Å². The molecule has 24 heavy (non-hydrogen) atoms. The molecular weight excluding hydrogens is 310 g/mol. The van der Waals surface area contributed by atoms with E-state index in [-0.39, 0.29) is 43.0 Å². The topological polar surface area (TPSA) is 90.0 Å². The Bertz CT molecular complexity index is 490. The minimum atomic E-state index is -0.245. The lowest BCUT2D eigenvalue weighted by Gasteiger charge is -2.30. The number of carbonyl (C=O) groups excluding carboxylic acids is 3. The van der Waals surface area contributed by atoms with E-state index in [4.69, 9.17) is 0 Å². The molecule has 1 aliphatic rings. The third-order valence-electron chi connectivity index (χ3n) is 4.47. The van der Waals surface area contributed by atoms with Gasteiger partial charge in [-0.25, -0.2) is 0 Å². The van der Waals surface area contributed by atoms with Gasteiger partial charge in [0.15, 0.2) is 0 Å². The summed E-state index contributed by atoms with van der Waals surface area (Å²) in [5.74, 6) is -0.194. The number of likely N-dealkylation sites (N-methyl/N-ethyl adjacent to an activating group) is 1. The molecule has 1 aliphatic heterocycles. The van der Waals surface area contributed by atoms with Crippen LogP contribution in [0.1, 0.15) is 33.6 Å². The first-order chi connectivity index (χ1) is 11.3. The lowest BCUT2D eigenvalue weighted by molar-refractivity contribution is -0.132. The van der Waals surface area contributed by atoms with Crippen molar-refractivity contribution >= 4 is 18.2 Å². The zero-order valence-electron chi connectivity index (χ0n) is 15.0. The van der Waals surface area contributed by atoms with Gasteiger partial charge < -0.3 is 20.2 Å². The highest BCUT2D eigenvalue weighted by Crippen LogP contribution is 2.21. The van der Waals surface area contributed by atoms with Crippen LogP contribution in [0, 0.1) is 5.92 Å². The standard InChI is InChI=1S/C17H29N3O4/c1-12(2)15(19(4)16(23)9-18-11-22)8-13(3)17(24)20-7-5-6-14(20)10-21/h8,11-12,14-15,21H,5-7,9-10H2,1-4H3,(H,18,22)/t14-,15+/m0/s1. The summed E-state index contributed by atoms with van der Waals surface area (Å²) >= 11 is 0. The zero-order chi connectivity index (χ0) is 18.3. The predicted octanol–water partition coefficient (Wildman–Crippen LogP) is 0.145. The molecule has 7 nitrogen and oxygen atoms in total. The maximum atomic E-state index is 12.6. The highest BCUT2D eigenvalue weighted by atomic mass is 16.3. The molecule has 1 heterocycles. The van der Waals surface area contributed by atoms with E-state index in [0.717, 1.165) is 12.8 Å². The van der Waals surface area contributed by atoms with Crippen molar-refractivity contribution in [1.29, 1.82) is 0 Å².